The molecular formula is C68H73N3O. The van der Waals surface area contributed by atoms with Crippen molar-refractivity contribution >= 4 is 11.0 Å². The molecule has 0 aliphatic heterocycles. The number of fused-ring (bicyclic) bond motifs is 1. The minimum absolute atomic E-state index is 0.0758. The number of para-hydroxylation sites is 1. The lowest BCUT2D eigenvalue weighted by molar-refractivity contribution is 0.446. The lowest BCUT2D eigenvalue weighted by atomic mass is 9.79. The van der Waals surface area contributed by atoms with Crippen molar-refractivity contribution in [1.82, 2.24) is 14.5 Å². The number of phenolic OH excluding ortho intramolecular Hbond substituents is 1. The third kappa shape index (κ3) is 9.94. The van der Waals surface area contributed by atoms with Gasteiger partial charge in [-0.1, -0.05) is 213 Å². The third-order valence-corrected chi connectivity index (χ3v) is 13.6. The number of nitrogens with zero attached hydrogens (tertiary/aromatic N) is 3. The van der Waals surface area contributed by atoms with Gasteiger partial charge in [-0.25, -0.2) is 4.98 Å². The number of aromatic hydroxyl groups is 1. The van der Waals surface area contributed by atoms with Crippen LogP contribution >= 0.6 is 0 Å². The zero-order valence-electron chi connectivity index (χ0n) is 56.6. The summed E-state index contributed by atoms with van der Waals surface area (Å²) in [7, 11) is 0. The van der Waals surface area contributed by atoms with Crippen molar-refractivity contribution in [2.24, 2.45) is 0 Å². The molecular weight excluding hydrogens is 875 g/mol. The van der Waals surface area contributed by atoms with E-state index in [1.165, 1.54) is 17.8 Å². The minimum Gasteiger partial charge on any atom is -0.507 e. The normalized spacial score (nSPS) is 15.9. The first-order chi connectivity index (χ1) is 39.2. The van der Waals surface area contributed by atoms with Crippen LogP contribution in [-0.4, -0.2) is 19.6 Å². The molecule has 2 aromatic heterocycles. The van der Waals surface area contributed by atoms with Crippen molar-refractivity contribution in [3.63, 3.8) is 0 Å². The van der Waals surface area contributed by atoms with Crippen molar-refractivity contribution in [1.29, 1.82) is 0 Å². The standard InChI is InChI=1S/C68H73N3O/c1-64(2,3)50-28-24-44(25-29-50)46-34-35-69-58(39-46)49-37-47(43-20-17-16-18-21-43)36-48(38-49)55-22-19-23-59-61(55)70-63(56-40-53(67(10,11)12)41-57(62(56)72)68(13,14)15)71(59)60-42-52(66(7,8)9)32-33-54(60)45-26-30-51(31-27-45)65(4,5)6/h16-42,72H,1-15H3/i1D3,2D3,3D3,24D,25D,28D,29D. The molecule has 0 radical (unpaired) electrons. The monoisotopic (exact) mass is 961 g/mol. The van der Waals surface area contributed by atoms with Gasteiger partial charge in [0.25, 0.3) is 0 Å². The highest BCUT2D eigenvalue weighted by Gasteiger charge is 2.30. The second kappa shape index (κ2) is 18.2. The fraction of sp³-hybridized carbons (Fsp3) is 0.294. The second-order valence-corrected chi connectivity index (χ2v) is 23.3. The molecule has 2 heterocycles. The number of hydrogen-bond acceptors (Lipinski definition) is 3. The number of imidazole rings is 1. The van der Waals surface area contributed by atoms with Gasteiger partial charge in [0, 0.05) is 40.8 Å². The number of pyridine rings is 1. The number of hydrogen-bond donors (Lipinski definition) is 1. The summed E-state index contributed by atoms with van der Waals surface area (Å²) in [6.45, 7) is 14.5. The Morgan fingerprint density at radius 1 is 0.444 bits per heavy atom. The molecule has 4 nitrogen and oxygen atoms in total. The molecule has 0 spiro atoms. The molecule has 0 unspecified atom stereocenters. The van der Waals surface area contributed by atoms with E-state index in [4.69, 9.17) is 25.0 Å². The highest BCUT2D eigenvalue weighted by Crippen LogP contribution is 2.47. The van der Waals surface area contributed by atoms with E-state index in [1.54, 1.807) is 6.07 Å². The lowest BCUT2D eigenvalue weighted by Gasteiger charge is -2.28. The first kappa shape index (κ1) is 36.0. The van der Waals surface area contributed by atoms with Crippen molar-refractivity contribution in [3.8, 4) is 78.6 Å². The molecule has 0 fully saturated rings. The Kier molecular flexibility index (Phi) is 9.10. The van der Waals surface area contributed by atoms with Crippen LogP contribution in [0.2, 0.25) is 0 Å². The summed E-state index contributed by atoms with van der Waals surface area (Å²) < 4.78 is 114. The fourth-order valence-corrected chi connectivity index (χ4v) is 9.26. The molecule has 0 aliphatic carbocycles. The predicted molar refractivity (Wildman–Crippen MR) is 307 cm³/mol. The van der Waals surface area contributed by atoms with Crippen LogP contribution in [0.15, 0.2) is 164 Å². The molecule has 0 amide bonds. The topological polar surface area (TPSA) is 50.9 Å². The van der Waals surface area contributed by atoms with E-state index in [0.29, 0.717) is 28.2 Å². The summed E-state index contributed by atoms with van der Waals surface area (Å²) in [6, 6.07) is 40.5. The highest BCUT2D eigenvalue weighted by atomic mass is 16.3. The predicted octanol–water partition coefficient (Wildman–Crippen LogP) is 18.6. The van der Waals surface area contributed by atoms with Gasteiger partial charge in [-0.15, -0.1) is 0 Å². The maximum absolute atomic E-state index is 12.8. The molecule has 4 heteroatoms. The average Bonchev–Trinajstić information content (AvgIpc) is 1.60. The Bertz CT molecular complexity index is 3990. The maximum atomic E-state index is 12.8. The van der Waals surface area contributed by atoms with Crippen LogP contribution in [0.4, 0.5) is 0 Å². The van der Waals surface area contributed by atoms with E-state index < -0.39 is 61.1 Å². The van der Waals surface area contributed by atoms with Gasteiger partial charge in [0.1, 0.15) is 11.6 Å². The average molecular weight is 961 g/mol. The van der Waals surface area contributed by atoms with Gasteiger partial charge >= 0.3 is 0 Å². The van der Waals surface area contributed by atoms with Crippen LogP contribution in [0.25, 0.3) is 83.9 Å². The summed E-state index contributed by atoms with van der Waals surface area (Å²) in [4.78, 5) is 10.5. The van der Waals surface area contributed by atoms with Gasteiger partial charge < -0.3 is 5.11 Å². The fourth-order valence-electron chi connectivity index (χ4n) is 9.26. The summed E-state index contributed by atoms with van der Waals surface area (Å²) in [5, 5.41) is 12.8. The molecule has 72 heavy (non-hydrogen) atoms. The van der Waals surface area contributed by atoms with Gasteiger partial charge in [-0.05, 0) is 131 Å². The number of aromatic nitrogens is 3. The molecule has 0 saturated carbocycles. The van der Waals surface area contributed by atoms with Crippen LogP contribution in [0.3, 0.4) is 0 Å². The first-order valence-electron chi connectivity index (χ1n) is 31.1. The van der Waals surface area contributed by atoms with E-state index in [1.807, 2.05) is 54.6 Å². The molecule has 0 atom stereocenters. The minimum atomic E-state index is -3.82. The Labute approximate surface area is 448 Å². The third-order valence-electron chi connectivity index (χ3n) is 13.6. The molecule has 9 aromatic rings. The maximum Gasteiger partial charge on any atom is 0.149 e. The Hall–Kier alpha value is -7.04. The Morgan fingerprint density at radius 2 is 1.08 bits per heavy atom. The summed E-state index contributed by atoms with van der Waals surface area (Å²) in [5.41, 5.74) is 6.67. The number of phenols is 1. The van der Waals surface area contributed by atoms with Crippen LogP contribution < -0.4 is 0 Å². The van der Waals surface area contributed by atoms with Gasteiger partial charge in [-0.2, -0.15) is 0 Å². The quantitative estimate of drug-likeness (QED) is 0.173. The van der Waals surface area contributed by atoms with Crippen molar-refractivity contribution in [3.05, 3.63) is 192 Å². The summed E-state index contributed by atoms with van der Waals surface area (Å²) in [6.07, 6.45) is 1.44. The van der Waals surface area contributed by atoms with E-state index in [-0.39, 0.29) is 33.1 Å². The highest BCUT2D eigenvalue weighted by molar-refractivity contribution is 5.98. The van der Waals surface area contributed by atoms with E-state index in [0.717, 1.165) is 61.3 Å². The van der Waals surface area contributed by atoms with E-state index in [9.17, 15) is 7.85 Å². The van der Waals surface area contributed by atoms with E-state index >= 15 is 0 Å². The van der Waals surface area contributed by atoms with Crippen molar-refractivity contribution in [2.45, 2.75) is 131 Å². The van der Waals surface area contributed by atoms with Gasteiger partial charge in [0.05, 0.1) is 33.5 Å². The SMILES string of the molecule is [2H]c1c([2H])c(C(C([2H])([2H])[2H])(C([2H])([2H])[2H])C([2H])([2H])[2H])c([2H])c([2H])c1-c1ccnc(-c2cc(-c3ccccc3)cc(-c3cccc4c3nc(-c3cc(C(C)(C)C)cc(C(C)(C)C)c3O)n4-c3cc(C(C)(C)C)ccc3-c3ccc(C(C)(C)C)cc3)c2)c1. The van der Waals surface area contributed by atoms with Crippen LogP contribution in [0.5, 0.6) is 5.75 Å². The number of rotatable bonds is 7. The summed E-state index contributed by atoms with van der Waals surface area (Å²) >= 11 is 0. The zero-order chi connectivity index (χ0) is 62.7. The first-order valence-corrected chi connectivity index (χ1v) is 24.6. The van der Waals surface area contributed by atoms with Crippen LogP contribution in [0.1, 0.15) is 149 Å². The Balaban J connectivity index is 1.35. The smallest absolute Gasteiger partial charge is 0.149 e. The molecule has 366 valence electrons. The van der Waals surface area contributed by atoms with Crippen LogP contribution in [-0.2, 0) is 27.1 Å². The van der Waals surface area contributed by atoms with Crippen LogP contribution in [0, 0.1) is 0 Å². The summed E-state index contributed by atoms with van der Waals surface area (Å²) in [5.74, 6) is 0.660. The second-order valence-electron chi connectivity index (χ2n) is 23.3. The van der Waals surface area contributed by atoms with Crippen molar-refractivity contribution in [2.75, 3.05) is 0 Å². The molecule has 0 aliphatic rings. The molecule has 1 N–H and O–H groups in total. The van der Waals surface area contributed by atoms with Gasteiger partial charge in [0.2, 0.25) is 0 Å². The largest absolute Gasteiger partial charge is 0.507 e. The molecule has 9 rings (SSSR count). The Morgan fingerprint density at radius 3 is 1.72 bits per heavy atom. The number of benzene rings is 7. The lowest BCUT2D eigenvalue weighted by Crippen LogP contribution is -2.17. The van der Waals surface area contributed by atoms with Crippen molar-refractivity contribution < 1.29 is 22.9 Å². The van der Waals surface area contributed by atoms with E-state index in [2.05, 4.69) is 154 Å². The zero-order valence-corrected chi connectivity index (χ0v) is 43.6. The molecule has 0 saturated heterocycles. The molecule has 7 aromatic carbocycles. The van der Waals surface area contributed by atoms with Gasteiger partial charge in [0.15, 0.2) is 0 Å². The molecule has 0 bridgehead atoms. The van der Waals surface area contributed by atoms with Gasteiger partial charge in [-0.3, -0.25) is 9.55 Å².